The molecule has 0 spiro atoms. The Labute approximate surface area is 159 Å². The number of ether oxygens (including phenoxy) is 2. The van der Waals surface area contributed by atoms with E-state index in [1.54, 1.807) is 36.4 Å². The Bertz CT molecular complexity index is 934. The second kappa shape index (κ2) is 6.68. The molecule has 0 N–H and O–H groups in total. The van der Waals surface area contributed by atoms with Crippen molar-refractivity contribution in [2.24, 2.45) is 0 Å². The lowest BCUT2D eigenvalue weighted by atomic mass is 9.90. The summed E-state index contributed by atoms with van der Waals surface area (Å²) >= 11 is 3.32. The Morgan fingerprint density at radius 3 is 2.62 bits per heavy atom. The molecule has 0 radical (unpaired) electrons. The zero-order chi connectivity index (χ0) is 19.1. The van der Waals surface area contributed by atoms with Crippen molar-refractivity contribution in [1.82, 2.24) is 0 Å². The fourth-order valence-corrected chi connectivity index (χ4v) is 3.24. The van der Waals surface area contributed by atoms with Gasteiger partial charge in [0.2, 0.25) is 5.60 Å². The van der Waals surface area contributed by atoms with E-state index < -0.39 is 17.5 Å². The third-order valence-corrected chi connectivity index (χ3v) is 4.78. The molecule has 1 aliphatic rings. The number of benzene rings is 2. The standard InChI is InChI=1S/C20H17BrO5/c1-11-4-7-17(15(8-11)12(2)22)25-19(24)20(3)10-13-5-6-14(21)9-16(13)18(23)26-20/h4-9H,10H2,1-3H3/t20-/m1/s1. The first-order valence-corrected chi connectivity index (χ1v) is 8.84. The van der Waals surface area contributed by atoms with E-state index in [1.165, 1.54) is 13.8 Å². The van der Waals surface area contributed by atoms with Crippen LogP contribution in [0.4, 0.5) is 0 Å². The molecule has 1 atom stereocenters. The lowest BCUT2D eigenvalue weighted by molar-refractivity contribution is -0.155. The highest BCUT2D eigenvalue weighted by Gasteiger charge is 2.44. The van der Waals surface area contributed by atoms with Crippen molar-refractivity contribution < 1.29 is 23.9 Å². The zero-order valence-electron chi connectivity index (χ0n) is 14.6. The van der Waals surface area contributed by atoms with Gasteiger partial charge in [-0.15, -0.1) is 0 Å². The van der Waals surface area contributed by atoms with Gasteiger partial charge in [-0.2, -0.15) is 0 Å². The van der Waals surface area contributed by atoms with E-state index in [9.17, 15) is 14.4 Å². The van der Waals surface area contributed by atoms with Crippen LogP contribution < -0.4 is 4.74 Å². The molecule has 0 amide bonds. The monoisotopic (exact) mass is 416 g/mol. The molecule has 6 heteroatoms. The van der Waals surface area contributed by atoms with Gasteiger partial charge in [-0.05, 0) is 50.6 Å². The van der Waals surface area contributed by atoms with Gasteiger partial charge in [0.25, 0.3) is 0 Å². The number of hydrogen-bond acceptors (Lipinski definition) is 5. The van der Waals surface area contributed by atoms with E-state index in [0.29, 0.717) is 16.7 Å². The summed E-state index contributed by atoms with van der Waals surface area (Å²) in [4.78, 5) is 36.9. The van der Waals surface area contributed by atoms with E-state index in [2.05, 4.69) is 15.9 Å². The van der Waals surface area contributed by atoms with E-state index >= 15 is 0 Å². The molecular formula is C20H17BrO5. The molecule has 2 aromatic carbocycles. The lowest BCUT2D eigenvalue weighted by Gasteiger charge is -2.32. The first-order valence-electron chi connectivity index (χ1n) is 8.05. The molecule has 0 unspecified atom stereocenters. The number of aryl methyl sites for hydroxylation is 1. The van der Waals surface area contributed by atoms with Crippen LogP contribution in [0.15, 0.2) is 40.9 Å². The predicted molar refractivity (Wildman–Crippen MR) is 98.5 cm³/mol. The number of fused-ring (bicyclic) bond motifs is 1. The Balaban J connectivity index is 1.90. The summed E-state index contributed by atoms with van der Waals surface area (Å²) in [6.07, 6.45) is 0.196. The third-order valence-electron chi connectivity index (χ3n) is 4.29. The Hall–Kier alpha value is -2.47. The van der Waals surface area contributed by atoms with Crippen molar-refractivity contribution in [1.29, 1.82) is 0 Å². The van der Waals surface area contributed by atoms with Crippen LogP contribution in [-0.2, 0) is 16.0 Å². The molecule has 0 saturated carbocycles. The summed E-state index contributed by atoms with van der Waals surface area (Å²) in [5.41, 5.74) is 0.860. The van der Waals surface area contributed by atoms with Crippen LogP contribution in [0.2, 0.25) is 0 Å². The van der Waals surface area contributed by atoms with Gasteiger partial charge in [0.05, 0.1) is 11.1 Å². The number of hydrogen-bond donors (Lipinski definition) is 0. The van der Waals surface area contributed by atoms with Gasteiger partial charge in [-0.1, -0.05) is 33.6 Å². The number of carbonyl (C=O) groups excluding carboxylic acids is 3. The first kappa shape index (κ1) is 18.3. The summed E-state index contributed by atoms with van der Waals surface area (Å²) in [7, 11) is 0. The molecule has 26 heavy (non-hydrogen) atoms. The van der Waals surface area contributed by atoms with E-state index in [-0.39, 0.29) is 18.0 Å². The SMILES string of the molecule is CC(=O)c1cc(C)ccc1OC(=O)[C@@]1(C)Cc2ccc(Br)cc2C(=O)O1. The van der Waals surface area contributed by atoms with Crippen LogP contribution >= 0.6 is 15.9 Å². The molecule has 3 rings (SSSR count). The minimum Gasteiger partial charge on any atom is -0.443 e. The summed E-state index contributed by atoms with van der Waals surface area (Å²) in [6.45, 7) is 4.76. The largest absolute Gasteiger partial charge is 0.443 e. The average Bonchev–Trinajstić information content (AvgIpc) is 2.57. The van der Waals surface area contributed by atoms with Gasteiger partial charge < -0.3 is 9.47 Å². The number of esters is 2. The predicted octanol–water partition coefficient (Wildman–Crippen LogP) is 4.04. The van der Waals surface area contributed by atoms with Crippen molar-refractivity contribution in [2.45, 2.75) is 32.8 Å². The number of Topliss-reactive ketones (excluding diaryl/α,β-unsaturated/α-hetero) is 1. The molecule has 0 fully saturated rings. The maximum Gasteiger partial charge on any atom is 0.356 e. The van der Waals surface area contributed by atoms with Gasteiger partial charge in [0.1, 0.15) is 5.75 Å². The molecule has 0 saturated heterocycles. The van der Waals surface area contributed by atoms with Gasteiger partial charge in [-0.3, -0.25) is 4.79 Å². The summed E-state index contributed by atoms with van der Waals surface area (Å²) in [5.74, 6) is -1.35. The molecule has 0 aliphatic carbocycles. The van der Waals surface area contributed by atoms with Crippen LogP contribution in [0.25, 0.3) is 0 Å². The number of cyclic esters (lactones) is 1. The third kappa shape index (κ3) is 3.42. The summed E-state index contributed by atoms with van der Waals surface area (Å²) in [6, 6.07) is 10.2. The van der Waals surface area contributed by atoms with Crippen LogP contribution in [0.3, 0.4) is 0 Å². The number of rotatable bonds is 3. The second-order valence-electron chi connectivity index (χ2n) is 6.54. The highest BCUT2D eigenvalue weighted by molar-refractivity contribution is 9.10. The second-order valence-corrected chi connectivity index (χ2v) is 7.46. The summed E-state index contributed by atoms with van der Waals surface area (Å²) < 4.78 is 11.6. The average molecular weight is 417 g/mol. The molecule has 1 aliphatic heterocycles. The molecular weight excluding hydrogens is 400 g/mol. The first-order chi connectivity index (χ1) is 12.2. The van der Waals surface area contributed by atoms with Crippen molar-refractivity contribution >= 4 is 33.7 Å². The van der Waals surface area contributed by atoms with E-state index in [0.717, 1.165) is 10.0 Å². The van der Waals surface area contributed by atoms with Gasteiger partial charge in [0, 0.05) is 10.9 Å². The smallest absolute Gasteiger partial charge is 0.356 e. The fourth-order valence-electron chi connectivity index (χ4n) is 2.88. The molecule has 0 bridgehead atoms. The van der Waals surface area contributed by atoms with Gasteiger partial charge in [-0.25, -0.2) is 9.59 Å². The highest BCUT2D eigenvalue weighted by Crippen LogP contribution is 2.32. The van der Waals surface area contributed by atoms with Crippen molar-refractivity contribution in [2.75, 3.05) is 0 Å². The number of halogens is 1. The zero-order valence-corrected chi connectivity index (χ0v) is 16.2. The van der Waals surface area contributed by atoms with Crippen molar-refractivity contribution in [3.05, 3.63) is 63.1 Å². The van der Waals surface area contributed by atoms with Crippen molar-refractivity contribution in [3.8, 4) is 5.75 Å². The van der Waals surface area contributed by atoms with Crippen LogP contribution in [-0.4, -0.2) is 23.3 Å². The lowest BCUT2D eigenvalue weighted by Crippen LogP contribution is -2.48. The highest BCUT2D eigenvalue weighted by atomic mass is 79.9. The van der Waals surface area contributed by atoms with Crippen LogP contribution in [0.1, 0.15) is 45.7 Å². The minimum absolute atomic E-state index is 0.159. The molecule has 2 aromatic rings. The van der Waals surface area contributed by atoms with Crippen LogP contribution in [0.5, 0.6) is 5.75 Å². The number of carbonyl (C=O) groups is 3. The van der Waals surface area contributed by atoms with E-state index in [4.69, 9.17) is 9.47 Å². The molecule has 134 valence electrons. The topological polar surface area (TPSA) is 69.7 Å². The number of ketones is 1. The maximum atomic E-state index is 12.8. The fraction of sp³-hybridized carbons (Fsp3) is 0.250. The Morgan fingerprint density at radius 1 is 1.19 bits per heavy atom. The Morgan fingerprint density at radius 2 is 1.92 bits per heavy atom. The maximum absolute atomic E-state index is 12.8. The molecule has 0 aromatic heterocycles. The molecule has 1 heterocycles. The van der Waals surface area contributed by atoms with E-state index in [1.807, 2.05) is 6.92 Å². The minimum atomic E-state index is -1.46. The summed E-state index contributed by atoms with van der Waals surface area (Å²) in [5, 5.41) is 0. The van der Waals surface area contributed by atoms with Crippen molar-refractivity contribution in [3.63, 3.8) is 0 Å². The van der Waals surface area contributed by atoms with Crippen LogP contribution in [0, 0.1) is 6.92 Å². The Kier molecular flexibility index (Phi) is 4.71. The molecule has 5 nitrogen and oxygen atoms in total. The van der Waals surface area contributed by atoms with Gasteiger partial charge >= 0.3 is 11.9 Å². The quantitative estimate of drug-likeness (QED) is 0.429. The van der Waals surface area contributed by atoms with Gasteiger partial charge in [0.15, 0.2) is 5.78 Å². The normalized spacial score (nSPS) is 18.7.